The molecule has 0 saturated carbocycles. The second-order valence-corrected chi connectivity index (χ2v) is 7.25. The fraction of sp³-hybridized carbons (Fsp3) is 0.0870. The molecule has 4 aromatic heterocycles. The Bertz CT molecular complexity index is 1500. The molecule has 0 aliphatic rings. The van der Waals surface area contributed by atoms with Gasteiger partial charge in [-0.15, -0.1) is 0 Å². The number of aliphatic carboxylic acids is 1. The predicted octanol–water partition coefficient (Wildman–Crippen LogP) is 4.57. The van der Waals surface area contributed by atoms with E-state index < -0.39 is 12.1 Å². The van der Waals surface area contributed by atoms with Gasteiger partial charge in [0.05, 0.1) is 17.5 Å². The van der Waals surface area contributed by atoms with Gasteiger partial charge in [0.25, 0.3) is 0 Å². The Balaban J connectivity index is 0.000000364. The number of benzene rings is 1. The van der Waals surface area contributed by atoms with Crippen LogP contribution < -0.4 is 5.73 Å². The number of anilines is 1. The van der Waals surface area contributed by atoms with E-state index in [2.05, 4.69) is 20.1 Å². The quantitative estimate of drug-likeness (QED) is 0.382. The van der Waals surface area contributed by atoms with Crippen LogP contribution in [0.2, 0.25) is 0 Å². The monoisotopic (exact) mass is 482 g/mol. The molecule has 0 aliphatic carbocycles. The summed E-state index contributed by atoms with van der Waals surface area (Å²) < 4.78 is 39.6. The number of pyridine rings is 2. The SMILES string of the molecule is Cn1cc(-c2cnc(N)c(-c3nc4cccc(-c5ccccn5)c4o3)c2)cn1.O=C(O)C(F)(F)F. The molecule has 3 N–H and O–H groups in total. The maximum absolute atomic E-state index is 10.6. The highest BCUT2D eigenvalue weighted by Crippen LogP contribution is 2.34. The molecule has 35 heavy (non-hydrogen) atoms. The highest BCUT2D eigenvalue weighted by molar-refractivity contribution is 5.91. The Morgan fingerprint density at radius 1 is 1.06 bits per heavy atom. The van der Waals surface area contributed by atoms with Crippen molar-refractivity contribution in [2.24, 2.45) is 7.05 Å². The standard InChI is InChI=1S/C21H16N6O.C2HF3O2/c1-27-12-14(11-25-27)13-9-16(20(22)24-10-13)21-26-18-7-4-5-15(19(18)28-21)17-6-2-3-8-23-17;3-2(4,5)1(6)7/h2-12H,1H3,(H2,22,24);(H,6,7). The summed E-state index contributed by atoms with van der Waals surface area (Å²) in [5.74, 6) is -1.97. The van der Waals surface area contributed by atoms with Gasteiger partial charge >= 0.3 is 12.1 Å². The number of nitrogens with two attached hydrogens (primary N) is 1. The van der Waals surface area contributed by atoms with Gasteiger partial charge in [0.1, 0.15) is 11.3 Å². The van der Waals surface area contributed by atoms with Crippen LogP contribution in [0.3, 0.4) is 0 Å². The van der Waals surface area contributed by atoms with Gasteiger partial charge in [-0.1, -0.05) is 12.1 Å². The second-order valence-electron chi connectivity index (χ2n) is 7.25. The zero-order valence-electron chi connectivity index (χ0n) is 18.1. The lowest BCUT2D eigenvalue weighted by molar-refractivity contribution is -0.192. The minimum atomic E-state index is -5.08. The topological polar surface area (TPSA) is 133 Å². The third kappa shape index (κ3) is 5.11. The molecule has 0 saturated heterocycles. The van der Waals surface area contributed by atoms with Crippen LogP contribution in [0.15, 0.2) is 71.7 Å². The average Bonchev–Trinajstić information content (AvgIpc) is 3.46. The molecule has 5 aromatic rings. The number of aryl methyl sites for hydroxylation is 1. The van der Waals surface area contributed by atoms with E-state index in [9.17, 15) is 13.2 Å². The number of carbonyl (C=O) groups is 1. The molecule has 0 aliphatic heterocycles. The number of aromatic nitrogens is 5. The van der Waals surface area contributed by atoms with Crippen molar-refractivity contribution in [1.82, 2.24) is 24.7 Å². The number of para-hydroxylation sites is 1. The lowest BCUT2D eigenvalue weighted by Gasteiger charge is -2.03. The molecule has 0 unspecified atom stereocenters. The molecule has 178 valence electrons. The summed E-state index contributed by atoms with van der Waals surface area (Å²) in [6, 6.07) is 13.5. The molecule has 4 heterocycles. The van der Waals surface area contributed by atoms with Crippen LogP contribution in [0, 0.1) is 0 Å². The molecule has 0 bridgehead atoms. The summed E-state index contributed by atoms with van der Waals surface area (Å²) in [5.41, 5.74) is 11.7. The Morgan fingerprint density at radius 3 is 2.46 bits per heavy atom. The molecular formula is C23H17F3N6O3. The number of nitrogen functional groups attached to an aromatic ring is 1. The molecule has 1 aromatic carbocycles. The first kappa shape index (κ1) is 23.4. The van der Waals surface area contributed by atoms with Crippen LogP contribution in [0.25, 0.3) is 44.9 Å². The van der Waals surface area contributed by atoms with Crippen molar-refractivity contribution in [3.8, 4) is 33.8 Å². The van der Waals surface area contributed by atoms with Crippen LogP contribution in [0.4, 0.5) is 19.0 Å². The molecule has 0 atom stereocenters. The van der Waals surface area contributed by atoms with Crippen molar-refractivity contribution in [2.45, 2.75) is 6.18 Å². The molecule has 0 spiro atoms. The van der Waals surface area contributed by atoms with E-state index >= 15 is 0 Å². The summed E-state index contributed by atoms with van der Waals surface area (Å²) >= 11 is 0. The zero-order chi connectivity index (χ0) is 25.2. The van der Waals surface area contributed by atoms with E-state index in [1.54, 1.807) is 23.3 Å². The van der Waals surface area contributed by atoms with Gasteiger partial charge in [-0.3, -0.25) is 9.67 Å². The first-order valence-electron chi connectivity index (χ1n) is 9.99. The lowest BCUT2D eigenvalue weighted by atomic mass is 10.1. The summed E-state index contributed by atoms with van der Waals surface area (Å²) in [6.45, 7) is 0. The maximum atomic E-state index is 10.6. The summed E-state index contributed by atoms with van der Waals surface area (Å²) in [4.78, 5) is 22.3. The number of carboxylic acids is 1. The minimum Gasteiger partial charge on any atom is -0.475 e. The number of nitrogens with zero attached hydrogens (tertiary/aromatic N) is 5. The van der Waals surface area contributed by atoms with Gasteiger partial charge in [-0.25, -0.2) is 14.8 Å². The average molecular weight is 482 g/mol. The van der Waals surface area contributed by atoms with Gasteiger partial charge in [0.2, 0.25) is 5.89 Å². The van der Waals surface area contributed by atoms with E-state index in [1.807, 2.05) is 55.7 Å². The molecule has 0 fully saturated rings. The van der Waals surface area contributed by atoms with Gasteiger partial charge in [-0.2, -0.15) is 18.3 Å². The van der Waals surface area contributed by atoms with Crippen molar-refractivity contribution < 1.29 is 27.5 Å². The second kappa shape index (κ2) is 9.25. The molecule has 5 rings (SSSR count). The molecule has 9 nitrogen and oxygen atoms in total. The third-order valence-corrected chi connectivity index (χ3v) is 4.79. The Morgan fingerprint density at radius 2 is 1.83 bits per heavy atom. The molecule has 0 amide bonds. The first-order chi connectivity index (χ1) is 16.6. The molecular weight excluding hydrogens is 465 g/mol. The number of carboxylic acid groups (broad SMARTS) is 1. The summed E-state index contributed by atoms with van der Waals surface area (Å²) in [6.07, 6.45) is 2.09. The summed E-state index contributed by atoms with van der Waals surface area (Å²) in [7, 11) is 1.87. The maximum Gasteiger partial charge on any atom is 0.490 e. The van der Waals surface area contributed by atoms with Crippen molar-refractivity contribution in [1.29, 1.82) is 0 Å². The number of fused-ring (bicyclic) bond motifs is 1. The first-order valence-corrected chi connectivity index (χ1v) is 9.99. The third-order valence-electron chi connectivity index (χ3n) is 4.79. The van der Waals surface area contributed by atoms with Gasteiger partial charge in [-0.05, 0) is 30.3 Å². The number of halogens is 3. The van der Waals surface area contributed by atoms with Crippen LogP contribution in [-0.4, -0.2) is 42.0 Å². The van der Waals surface area contributed by atoms with Crippen LogP contribution in [0.5, 0.6) is 0 Å². The van der Waals surface area contributed by atoms with E-state index in [1.165, 1.54) is 0 Å². The highest BCUT2D eigenvalue weighted by Gasteiger charge is 2.38. The Labute approximate surface area is 195 Å². The largest absolute Gasteiger partial charge is 0.490 e. The fourth-order valence-electron chi connectivity index (χ4n) is 3.16. The smallest absolute Gasteiger partial charge is 0.475 e. The Hall–Kier alpha value is -4.74. The van der Waals surface area contributed by atoms with Crippen molar-refractivity contribution in [2.75, 3.05) is 5.73 Å². The number of rotatable bonds is 3. The van der Waals surface area contributed by atoms with Crippen LogP contribution in [0.1, 0.15) is 0 Å². The van der Waals surface area contributed by atoms with Crippen LogP contribution >= 0.6 is 0 Å². The van der Waals surface area contributed by atoms with Crippen LogP contribution in [-0.2, 0) is 11.8 Å². The highest BCUT2D eigenvalue weighted by atomic mass is 19.4. The number of oxazole rings is 1. The van der Waals surface area contributed by atoms with Crippen molar-refractivity contribution >= 4 is 22.9 Å². The van der Waals surface area contributed by atoms with E-state index in [0.29, 0.717) is 22.9 Å². The minimum absolute atomic E-state index is 0.360. The zero-order valence-corrected chi connectivity index (χ0v) is 18.1. The number of hydrogen-bond acceptors (Lipinski definition) is 7. The van der Waals surface area contributed by atoms with E-state index in [-0.39, 0.29) is 0 Å². The van der Waals surface area contributed by atoms with Gasteiger partial charge in [0, 0.05) is 42.3 Å². The lowest BCUT2D eigenvalue weighted by Crippen LogP contribution is -2.21. The predicted molar refractivity (Wildman–Crippen MR) is 121 cm³/mol. The Kier molecular flexibility index (Phi) is 6.19. The fourth-order valence-corrected chi connectivity index (χ4v) is 3.16. The van der Waals surface area contributed by atoms with Gasteiger partial charge in [0.15, 0.2) is 5.58 Å². The normalized spacial score (nSPS) is 11.2. The number of alkyl halides is 3. The number of hydrogen-bond donors (Lipinski definition) is 2. The van der Waals surface area contributed by atoms with Gasteiger partial charge < -0.3 is 15.3 Å². The molecule has 0 radical (unpaired) electrons. The summed E-state index contributed by atoms with van der Waals surface area (Å²) in [5, 5.41) is 11.3. The molecule has 12 heteroatoms. The van der Waals surface area contributed by atoms with Crippen molar-refractivity contribution in [3.63, 3.8) is 0 Å². The van der Waals surface area contributed by atoms with E-state index in [4.69, 9.17) is 20.1 Å². The van der Waals surface area contributed by atoms with Crippen molar-refractivity contribution in [3.05, 3.63) is 67.3 Å². The van der Waals surface area contributed by atoms with E-state index in [0.717, 1.165) is 27.9 Å².